The van der Waals surface area contributed by atoms with Crippen molar-refractivity contribution in [3.63, 3.8) is 0 Å². The molecule has 0 heterocycles. The molecule has 5 nitrogen and oxygen atoms in total. The highest BCUT2D eigenvalue weighted by Gasteiger charge is 2.31. The van der Waals surface area contributed by atoms with Gasteiger partial charge in [0, 0.05) is 12.1 Å². The van der Waals surface area contributed by atoms with Gasteiger partial charge in [-0.1, -0.05) is 0 Å². The van der Waals surface area contributed by atoms with Gasteiger partial charge in [-0.25, -0.2) is 4.79 Å². The summed E-state index contributed by atoms with van der Waals surface area (Å²) in [5.74, 6) is -1.03. The van der Waals surface area contributed by atoms with E-state index in [2.05, 4.69) is 10.6 Å². The molecule has 2 aliphatic carbocycles. The maximum absolute atomic E-state index is 11.5. The van der Waals surface area contributed by atoms with Gasteiger partial charge in [-0.15, -0.1) is 0 Å². The summed E-state index contributed by atoms with van der Waals surface area (Å²) >= 11 is 0. The molecule has 3 N–H and O–H groups in total. The van der Waals surface area contributed by atoms with E-state index >= 15 is 0 Å². The standard InChI is InChI=1S/C11H18N2O3/c14-10(15)7-4-5-9(6-7)13-11(16)12-8-2-1-3-8/h7-9H,1-6H2,(H,14,15)(H2,12,13,16)/t7-,9+/m1/s1. The second-order valence-corrected chi connectivity index (χ2v) is 4.79. The minimum atomic E-state index is -0.747. The lowest BCUT2D eigenvalue weighted by Crippen LogP contribution is -2.47. The van der Waals surface area contributed by atoms with E-state index in [1.165, 1.54) is 6.42 Å². The first-order valence-corrected chi connectivity index (χ1v) is 5.95. The summed E-state index contributed by atoms with van der Waals surface area (Å²) in [6, 6.07) is 0.221. The Bertz CT molecular complexity index is 289. The molecule has 2 rings (SSSR count). The van der Waals surface area contributed by atoms with Crippen molar-refractivity contribution in [2.24, 2.45) is 5.92 Å². The average Bonchev–Trinajstić information content (AvgIpc) is 2.60. The van der Waals surface area contributed by atoms with Crippen molar-refractivity contribution >= 4 is 12.0 Å². The SMILES string of the molecule is O=C(NC1CCC1)N[C@H]1CC[C@@H](C(=O)O)C1. The summed E-state index contributed by atoms with van der Waals surface area (Å²) in [5, 5.41) is 14.6. The van der Waals surface area contributed by atoms with Gasteiger partial charge < -0.3 is 15.7 Å². The molecule has 0 aliphatic heterocycles. The molecule has 5 heteroatoms. The van der Waals surface area contributed by atoms with E-state index in [0.29, 0.717) is 18.9 Å². The van der Waals surface area contributed by atoms with E-state index in [9.17, 15) is 9.59 Å². The van der Waals surface area contributed by atoms with Crippen LogP contribution in [0.4, 0.5) is 4.79 Å². The van der Waals surface area contributed by atoms with Gasteiger partial charge in [0.25, 0.3) is 0 Å². The van der Waals surface area contributed by atoms with Crippen LogP contribution in [0.3, 0.4) is 0 Å². The number of carbonyl (C=O) groups is 2. The van der Waals surface area contributed by atoms with Crippen LogP contribution in [0.5, 0.6) is 0 Å². The zero-order valence-electron chi connectivity index (χ0n) is 9.24. The van der Waals surface area contributed by atoms with Crippen molar-refractivity contribution in [2.75, 3.05) is 0 Å². The van der Waals surface area contributed by atoms with Gasteiger partial charge in [0.15, 0.2) is 0 Å². The van der Waals surface area contributed by atoms with Gasteiger partial charge >= 0.3 is 12.0 Å². The third-order valence-corrected chi connectivity index (χ3v) is 3.56. The van der Waals surface area contributed by atoms with Crippen LogP contribution in [0.25, 0.3) is 0 Å². The predicted octanol–water partition coefficient (Wildman–Crippen LogP) is 1.09. The summed E-state index contributed by atoms with van der Waals surface area (Å²) in [4.78, 5) is 22.2. The van der Waals surface area contributed by atoms with Crippen LogP contribution >= 0.6 is 0 Å². The average molecular weight is 226 g/mol. The molecule has 0 spiro atoms. The maximum atomic E-state index is 11.5. The van der Waals surface area contributed by atoms with E-state index in [4.69, 9.17) is 5.11 Å². The smallest absolute Gasteiger partial charge is 0.315 e. The largest absolute Gasteiger partial charge is 0.481 e. The Hall–Kier alpha value is -1.26. The summed E-state index contributed by atoms with van der Waals surface area (Å²) in [5.41, 5.74) is 0. The molecule has 90 valence electrons. The fraction of sp³-hybridized carbons (Fsp3) is 0.818. The van der Waals surface area contributed by atoms with Crippen LogP contribution in [0.2, 0.25) is 0 Å². The molecular weight excluding hydrogens is 208 g/mol. The quantitative estimate of drug-likeness (QED) is 0.674. The van der Waals surface area contributed by atoms with Crippen LogP contribution in [-0.2, 0) is 4.79 Å². The van der Waals surface area contributed by atoms with Crippen molar-refractivity contribution in [1.29, 1.82) is 0 Å². The molecule has 0 aromatic carbocycles. The summed E-state index contributed by atoms with van der Waals surface area (Å²) < 4.78 is 0. The van der Waals surface area contributed by atoms with E-state index in [1.807, 2.05) is 0 Å². The minimum Gasteiger partial charge on any atom is -0.481 e. The number of amides is 2. The van der Waals surface area contributed by atoms with Crippen LogP contribution in [0.15, 0.2) is 0 Å². The van der Waals surface area contributed by atoms with E-state index < -0.39 is 5.97 Å². The molecular formula is C11H18N2O3. The zero-order valence-corrected chi connectivity index (χ0v) is 9.24. The van der Waals surface area contributed by atoms with Crippen LogP contribution in [-0.4, -0.2) is 29.2 Å². The van der Waals surface area contributed by atoms with Crippen molar-refractivity contribution in [3.8, 4) is 0 Å². The Kier molecular flexibility index (Phi) is 3.31. The van der Waals surface area contributed by atoms with Crippen molar-refractivity contribution in [2.45, 2.75) is 50.6 Å². The zero-order chi connectivity index (χ0) is 11.5. The van der Waals surface area contributed by atoms with Crippen LogP contribution < -0.4 is 10.6 Å². The maximum Gasteiger partial charge on any atom is 0.315 e. The van der Waals surface area contributed by atoms with Crippen molar-refractivity contribution < 1.29 is 14.7 Å². The van der Waals surface area contributed by atoms with Crippen molar-refractivity contribution in [3.05, 3.63) is 0 Å². The Labute approximate surface area is 94.6 Å². The second-order valence-electron chi connectivity index (χ2n) is 4.79. The number of hydrogen-bond donors (Lipinski definition) is 3. The van der Waals surface area contributed by atoms with Gasteiger partial charge in [-0.3, -0.25) is 4.79 Å². The molecule has 16 heavy (non-hydrogen) atoms. The lowest BCUT2D eigenvalue weighted by atomic mass is 9.93. The summed E-state index contributed by atoms with van der Waals surface area (Å²) in [6.07, 6.45) is 5.33. The number of carboxylic acids is 1. The lowest BCUT2D eigenvalue weighted by Gasteiger charge is -2.27. The molecule has 0 unspecified atom stereocenters. The molecule has 2 saturated carbocycles. The number of carboxylic acid groups (broad SMARTS) is 1. The Morgan fingerprint density at radius 2 is 1.69 bits per heavy atom. The first-order valence-electron chi connectivity index (χ1n) is 5.95. The minimum absolute atomic E-state index is 0.0289. The molecule has 0 bridgehead atoms. The Morgan fingerprint density at radius 3 is 2.19 bits per heavy atom. The number of nitrogens with one attached hydrogen (secondary N) is 2. The molecule has 0 aromatic rings. The van der Waals surface area contributed by atoms with Crippen LogP contribution in [0.1, 0.15) is 38.5 Å². The molecule has 2 aliphatic rings. The highest BCUT2D eigenvalue weighted by atomic mass is 16.4. The van der Waals surface area contributed by atoms with E-state index in [-0.39, 0.29) is 18.0 Å². The topological polar surface area (TPSA) is 78.4 Å². The summed E-state index contributed by atoms with van der Waals surface area (Å²) in [7, 11) is 0. The first-order chi connectivity index (χ1) is 7.65. The fourth-order valence-electron chi connectivity index (χ4n) is 2.30. The number of hydrogen-bond acceptors (Lipinski definition) is 2. The summed E-state index contributed by atoms with van der Waals surface area (Å²) in [6.45, 7) is 0. The Morgan fingerprint density at radius 1 is 1.00 bits per heavy atom. The number of carbonyl (C=O) groups excluding carboxylic acids is 1. The monoisotopic (exact) mass is 226 g/mol. The highest BCUT2D eigenvalue weighted by molar-refractivity contribution is 5.75. The molecule has 0 saturated heterocycles. The lowest BCUT2D eigenvalue weighted by molar-refractivity contribution is -0.141. The number of rotatable bonds is 3. The fourth-order valence-corrected chi connectivity index (χ4v) is 2.30. The molecule has 0 aromatic heterocycles. The van der Waals surface area contributed by atoms with Gasteiger partial charge in [-0.2, -0.15) is 0 Å². The third-order valence-electron chi connectivity index (χ3n) is 3.56. The molecule has 0 radical (unpaired) electrons. The molecule has 2 fully saturated rings. The van der Waals surface area contributed by atoms with Crippen LogP contribution in [0, 0.1) is 5.92 Å². The third kappa shape index (κ3) is 2.65. The second kappa shape index (κ2) is 4.72. The van der Waals surface area contributed by atoms with Gasteiger partial charge in [0.1, 0.15) is 0 Å². The number of urea groups is 1. The number of aliphatic carboxylic acids is 1. The predicted molar refractivity (Wildman–Crippen MR) is 58.1 cm³/mol. The van der Waals surface area contributed by atoms with Gasteiger partial charge in [-0.05, 0) is 38.5 Å². The highest BCUT2D eigenvalue weighted by Crippen LogP contribution is 2.25. The molecule has 2 amide bonds. The van der Waals surface area contributed by atoms with Gasteiger partial charge in [0.2, 0.25) is 0 Å². The normalized spacial score (nSPS) is 29.5. The van der Waals surface area contributed by atoms with E-state index in [1.54, 1.807) is 0 Å². The van der Waals surface area contributed by atoms with E-state index in [0.717, 1.165) is 19.3 Å². The van der Waals surface area contributed by atoms with Gasteiger partial charge in [0.05, 0.1) is 5.92 Å². The van der Waals surface area contributed by atoms with Crippen molar-refractivity contribution in [1.82, 2.24) is 10.6 Å². The first kappa shape index (κ1) is 11.2. The molecule has 2 atom stereocenters. The Balaban J connectivity index is 1.69.